The second-order valence-electron chi connectivity index (χ2n) is 5.62. The van der Waals surface area contributed by atoms with Crippen molar-refractivity contribution in [2.24, 2.45) is 16.6 Å². The number of amides is 1. The highest BCUT2D eigenvalue weighted by atomic mass is 32.2. The van der Waals surface area contributed by atoms with E-state index in [1.807, 2.05) is 18.5 Å². The number of nitrogens with one attached hydrogen (secondary N) is 1. The fourth-order valence-corrected chi connectivity index (χ4v) is 3.06. The van der Waals surface area contributed by atoms with E-state index in [1.165, 1.54) is 18.2 Å². The Morgan fingerprint density at radius 2 is 2.35 bits per heavy atom. The molecule has 7 heteroatoms. The van der Waals surface area contributed by atoms with E-state index in [2.05, 4.69) is 22.1 Å². The summed E-state index contributed by atoms with van der Waals surface area (Å²) in [4.78, 5) is 18.2. The maximum Gasteiger partial charge on any atom is 0.248 e. The first-order chi connectivity index (χ1) is 11.0. The summed E-state index contributed by atoms with van der Waals surface area (Å²) in [6.07, 6.45) is 6.07. The van der Waals surface area contributed by atoms with Crippen molar-refractivity contribution in [2.45, 2.75) is 19.8 Å². The summed E-state index contributed by atoms with van der Waals surface area (Å²) in [6, 6.07) is 5.31. The molecule has 0 radical (unpaired) electrons. The number of nitriles is 1. The van der Waals surface area contributed by atoms with Gasteiger partial charge in [0.15, 0.2) is 11.4 Å². The molecule has 1 aromatic rings. The summed E-state index contributed by atoms with van der Waals surface area (Å²) in [7, 11) is 0. The molecule has 6 nitrogen and oxygen atoms in total. The van der Waals surface area contributed by atoms with Crippen molar-refractivity contribution >= 4 is 34.2 Å². The van der Waals surface area contributed by atoms with Gasteiger partial charge < -0.3 is 10.6 Å². The van der Waals surface area contributed by atoms with E-state index < -0.39 is 5.91 Å². The molecule has 0 saturated carbocycles. The van der Waals surface area contributed by atoms with Crippen molar-refractivity contribution in [2.75, 3.05) is 24.2 Å². The summed E-state index contributed by atoms with van der Waals surface area (Å²) < 4.78 is 0. The van der Waals surface area contributed by atoms with Crippen molar-refractivity contribution < 1.29 is 4.79 Å². The SMILES string of the molecule is CSC(=Nc1cc(C(N)=O)ccc1N1CCCC(C)C1)NC#N. The van der Waals surface area contributed by atoms with Crippen molar-refractivity contribution in [3.8, 4) is 6.19 Å². The first-order valence-corrected chi connectivity index (χ1v) is 8.74. The summed E-state index contributed by atoms with van der Waals surface area (Å²) in [5, 5.41) is 11.8. The minimum Gasteiger partial charge on any atom is -0.370 e. The number of hydrogen-bond donors (Lipinski definition) is 2. The smallest absolute Gasteiger partial charge is 0.248 e. The van der Waals surface area contributed by atoms with Gasteiger partial charge in [-0.05, 0) is 43.2 Å². The maximum absolute atomic E-state index is 11.5. The molecule has 3 N–H and O–H groups in total. The van der Waals surface area contributed by atoms with Crippen molar-refractivity contribution in [3.05, 3.63) is 23.8 Å². The van der Waals surface area contributed by atoms with Crippen LogP contribution in [-0.2, 0) is 0 Å². The van der Waals surface area contributed by atoms with Gasteiger partial charge in [0.05, 0.1) is 11.4 Å². The number of primary amides is 1. The van der Waals surface area contributed by atoms with Gasteiger partial charge in [0.1, 0.15) is 0 Å². The van der Waals surface area contributed by atoms with Gasteiger partial charge in [-0.1, -0.05) is 18.7 Å². The molecule has 2 rings (SSSR count). The molecular formula is C16H21N5OS. The van der Waals surface area contributed by atoms with Crippen LogP contribution in [0, 0.1) is 17.4 Å². The Kier molecular flexibility index (Phi) is 5.88. The average molecular weight is 331 g/mol. The highest BCUT2D eigenvalue weighted by Crippen LogP contribution is 2.33. The van der Waals surface area contributed by atoms with Gasteiger partial charge in [-0.2, -0.15) is 5.26 Å². The van der Waals surface area contributed by atoms with Crippen LogP contribution in [0.5, 0.6) is 0 Å². The lowest BCUT2D eigenvalue weighted by molar-refractivity contribution is 0.100. The fraction of sp³-hybridized carbons (Fsp3) is 0.438. The number of nitrogens with zero attached hydrogens (tertiary/aromatic N) is 3. The summed E-state index contributed by atoms with van der Waals surface area (Å²) >= 11 is 1.34. The highest BCUT2D eigenvalue weighted by molar-refractivity contribution is 8.13. The number of carbonyl (C=O) groups is 1. The Bertz CT molecular complexity index is 652. The molecule has 1 aromatic carbocycles. The second kappa shape index (κ2) is 7.88. The van der Waals surface area contributed by atoms with Crippen LogP contribution in [0.4, 0.5) is 11.4 Å². The first-order valence-electron chi connectivity index (χ1n) is 7.51. The minimum absolute atomic E-state index is 0.412. The van der Waals surface area contributed by atoms with Gasteiger partial charge in [-0.15, -0.1) is 0 Å². The standard InChI is InChI=1S/C16H21N5OS/c1-11-4-3-7-21(9-11)14-6-5-12(15(18)22)8-13(14)20-16(23-2)19-10-17/h5-6,8,11H,3-4,7,9H2,1-2H3,(H2,18,22)(H,19,20). The number of hydrogen-bond acceptors (Lipinski definition) is 5. The normalized spacial score (nSPS) is 18.4. The molecule has 1 aliphatic heterocycles. The predicted octanol–water partition coefficient (Wildman–Crippen LogP) is 2.44. The molecule has 122 valence electrons. The lowest BCUT2D eigenvalue weighted by Gasteiger charge is -2.33. The third-order valence-electron chi connectivity index (χ3n) is 3.84. The summed E-state index contributed by atoms with van der Waals surface area (Å²) in [5.74, 6) is 0.132. The van der Waals surface area contributed by atoms with Gasteiger partial charge in [0, 0.05) is 18.7 Å². The number of amidine groups is 1. The molecule has 0 aromatic heterocycles. The van der Waals surface area contributed by atoms with Crippen LogP contribution in [0.3, 0.4) is 0 Å². The summed E-state index contributed by atoms with van der Waals surface area (Å²) in [6.45, 7) is 4.15. The van der Waals surface area contributed by atoms with E-state index in [0.29, 0.717) is 22.3 Å². The molecule has 23 heavy (non-hydrogen) atoms. The monoisotopic (exact) mass is 331 g/mol. The maximum atomic E-state index is 11.5. The van der Waals surface area contributed by atoms with E-state index in [4.69, 9.17) is 11.0 Å². The molecule has 1 atom stereocenters. The summed E-state index contributed by atoms with van der Waals surface area (Å²) in [5.41, 5.74) is 7.41. The third-order valence-corrected chi connectivity index (χ3v) is 4.42. The molecule has 1 heterocycles. The van der Waals surface area contributed by atoms with E-state index in [1.54, 1.807) is 12.1 Å². The van der Waals surface area contributed by atoms with Crippen molar-refractivity contribution in [1.29, 1.82) is 5.26 Å². The zero-order chi connectivity index (χ0) is 16.8. The number of piperidine rings is 1. The Hall–Kier alpha value is -2.20. The van der Waals surface area contributed by atoms with Crippen LogP contribution < -0.4 is 16.0 Å². The molecular weight excluding hydrogens is 310 g/mol. The van der Waals surface area contributed by atoms with E-state index >= 15 is 0 Å². The highest BCUT2D eigenvalue weighted by Gasteiger charge is 2.20. The molecule has 1 fully saturated rings. The van der Waals surface area contributed by atoms with Gasteiger partial charge in [-0.25, -0.2) is 4.99 Å². The minimum atomic E-state index is -0.487. The van der Waals surface area contributed by atoms with Crippen molar-refractivity contribution in [3.63, 3.8) is 0 Å². The molecule has 0 bridgehead atoms. The Balaban J connectivity index is 2.44. The molecule has 0 spiro atoms. The van der Waals surface area contributed by atoms with E-state index in [9.17, 15) is 4.79 Å². The van der Waals surface area contributed by atoms with Crippen LogP contribution in [0.25, 0.3) is 0 Å². The van der Waals surface area contributed by atoms with E-state index in [0.717, 1.165) is 25.2 Å². The fourth-order valence-electron chi connectivity index (χ4n) is 2.72. The number of thioether (sulfide) groups is 1. The van der Waals surface area contributed by atoms with Crippen molar-refractivity contribution in [1.82, 2.24) is 5.32 Å². The zero-order valence-electron chi connectivity index (χ0n) is 13.4. The Morgan fingerprint density at radius 1 is 1.57 bits per heavy atom. The molecule has 1 amide bonds. The van der Waals surface area contributed by atoms with Gasteiger partial charge in [0.2, 0.25) is 5.91 Å². The Labute approximate surface area is 140 Å². The number of nitrogens with two attached hydrogens (primary N) is 1. The number of aliphatic imine (C=N–C) groups is 1. The number of anilines is 1. The molecule has 1 aliphatic rings. The van der Waals surface area contributed by atoms with E-state index in [-0.39, 0.29) is 0 Å². The van der Waals surface area contributed by atoms with Gasteiger partial charge in [-0.3, -0.25) is 10.1 Å². The topological polar surface area (TPSA) is 94.5 Å². The van der Waals surface area contributed by atoms with Gasteiger partial charge in [0.25, 0.3) is 0 Å². The number of rotatable bonds is 3. The van der Waals surface area contributed by atoms with Gasteiger partial charge >= 0.3 is 0 Å². The van der Waals surface area contributed by atoms with Crippen LogP contribution in [0.1, 0.15) is 30.1 Å². The quantitative estimate of drug-likeness (QED) is 0.384. The van der Waals surface area contributed by atoms with Crippen LogP contribution in [-0.4, -0.2) is 30.4 Å². The van der Waals surface area contributed by atoms with Crippen LogP contribution in [0.2, 0.25) is 0 Å². The third kappa shape index (κ3) is 4.39. The number of carbonyl (C=O) groups excluding carboxylic acids is 1. The van der Waals surface area contributed by atoms with Crippen LogP contribution in [0.15, 0.2) is 23.2 Å². The lowest BCUT2D eigenvalue weighted by atomic mass is 9.99. The molecule has 1 saturated heterocycles. The zero-order valence-corrected chi connectivity index (χ0v) is 14.2. The lowest BCUT2D eigenvalue weighted by Crippen LogP contribution is -2.34. The second-order valence-corrected chi connectivity index (χ2v) is 6.41. The molecule has 0 aliphatic carbocycles. The largest absolute Gasteiger partial charge is 0.370 e. The predicted molar refractivity (Wildman–Crippen MR) is 94.9 cm³/mol. The average Bonchev–Trinajstić information content (AvgIpc) is 2.54. The number of benzene rings is 1. The Morgan fingerprint density at radius 3 is 2.96 bits per heavy atom. The van der Waals surface area contributed by atoms with Crippen LogP contribution >= 0.6 is 11.8 Å². The molecule has 1 unspecified atom stereocenters. The first kappa shape index (κ1) is 17.2.